The molecule has 9 nitrogen and oxygen atoms in total. The van der Waals surface area contributed by atoms with Crippen molar-refractivity contribution in [2.45, 2.75) is 25.7 Å². The summed E-state index contributed by atoms with van der Waals surface area (Å²) >= 11 is 1.48. The van der Waals surface area contributed by atoms with Gasteiger partial charge >= 0.3 is 0 Å². The van der Waals surface area contributed by atoms with Crippen LogP contribution in [0.5, 0.6) is 0 Å². The summed E-state index contributed by atoms with van der Waals surface area (Å²) in [6, 6.07) is 3.72. The van der Waals surface area contributed by atoms with Crippen molar-refractivity contribution in [1.82, 2.24) is 30.5 Å². The fourth-order valence-corrected chi connectivity index (χ4v) is 4.11. The number of aryl methyl sites for hydroxylation is 1. The number of nitrogens with zero attached hydrogens (tertiary/aromatic N) is 5. The number of carbonyl (C=O) groups is 1. The van der Waals surface area contributed by atoms with Crippen LogP contribution < -0.4 is 10.6 Å². The monoisotopic (exact) mass is 421 g/mol. The van der Waals surface area contributed by atoms with E-state index in [-0.39, 0.29) is 17.5 Å². The second-order valence-corrected chi connectivity index (χ2v) is 8.34. The van der Waals surface area contributed by atoms with Gasteiger partial charge in [0, 0.05) is 23.7 Å². The number of fused-ring (bicyclic) bond motifs is 1. The fourth-order valence-electron chi connectivity index (χ4n) is 3.45. The van der Waals surface area contributed by atoms with E-state index in [1.54, 1.807) is 18.5 Å². The predicted molar refractivity (Wildman–Crippen MR) is 112 cm³/mol. The Kier molecular flexibility index (Phi) is 4.93. The highest BCUT2D eigenvalue weighted by Gasteiger charge is 2.22. The molecule has 5 heterocycles. The molecule has 1 amide bonds. The largest absolute Gasteiger partial charge is 0.448 e. The average Bonchev–Trinajstić information content (AvgIpc) is 3.43. The molecule has 0 radical (unpaired) electrons. The SMILES string of the molecule is Cc1nnc(-c2cc3cc(NC(=O)c4coc(C5CCNCC5)n4)ncc3cn2)s1. The Morgan fingerprint density at radius 2 is 2.00 bits per heavy atom. The molecule has 152 valence electrons. The first-order valence-corrected chi connectivity index (χ1v) is 10.5. The van der Waals surface area contributed by atoms with E-state index >= 15 is 0 Å². The van der Waals surface area contributed by atoms with Gasteiger partial charge in [0.25, 0.3) is 5.91 Å². The number of amides is 1. The van der Waals surface area contributed by atoms with Crippen molar-refractivity contribution < 1.29 is 9.21 Å². The molecule has 0 unspecified atom stereocenters. The maximum Gasteiger partial charge on any atom is 0.278 e. The highest BCUT2D eigenvalue weighted by Crippen LogP contribution is 2.26. The van der Waals surface area contributed by atoms with Crippen LogP contribution in [-0.2, 0) is 0 Å². The van der Waals surface area contributed by atoms with Crippen molar-refractivity contribution in [3.05, 3.63) is 47.4 Å². The lowest BCUT2D eigenvalue weighted by Gasteiger charge is -2.19. The van der Waals surface area contributed by atoms with Crippen LogP contribution in [0.1, 0.15) is 40.1 Å². The van der Waals surface area contributed by atoms with Crippen LogP contribution in [0.25, 0.3) is 21.5 Å². The fraction of sp³-hybridized carbons (Fsp3) is 0.300. The molecule has 0 bridgehead atoms. The van der Waals surface area contributed by atoms with Crippen LogP contribution >= 0.6 is 11.3 Å². The molecular weight excluding hydrogens is 402 g/mol. The van der Waals surface area contributed by atoms with Gasteiger partial charge in [-0.05, 0) is 50.4 Å². The summed E-state index contributed by atoms with van der Waals surface area (Å²) in [5.74, 6) is 0.960. The molecule has 10 heteroatoms. The number of carbonyl (C=O) groups excluding carboxylic acids is 1. The molecule has 5 rings (SSSR count). The zero-order valence-electron chi connectivity index (χ0n) is 16.3. The summed E-state index contributed by atoms with van der Waals surface area (Å²) in [6.45, 7) is 3.77. The van der Waals surface area contributed by atoms with Gasteiger partial charge in [-0.25, -0.2) is 9.97 Å². The first-order chi connectivity index (χ1) is 14.7. The molecule has 0 aromatic carbocycles. The van der Waals surface area contributed by atoms with Crippen molar-refractivity contribution in [1.29, 1.82) is 0 Å². The van der Waals surface area contributed by atoms with Gasteiger partial charge in [-0.15, -0.1) is 10.2 Å². The first-order valence-electron chi connectivity index (χ1n) is 9.69. The minimum Gasteiger partial charge on any atom is -0.448 e. The van der Waals surface area contributed by atoms with Crippen molar-refractivity contribution in [3.8, 4) is 10.7 Å². The van der Waals surface area contributed by atoms with E-state index < -0.39 is 0 Å². The highest BCUT2D eigenvalue weighted by atomic mass is 32.1. The van der Waals surface area contributed by atoms with Crippen LogP contribution in [0.15, 0.2) is 35.2 Å². The van der Waals surface area contributed by atoms with Gasteiger partial charge in [-0.1, -0.05) is 11.3 Å². The van der Waals surface area contributed by atoms with E-state index in [0.717, 1.165) is 52.4 Å². The molecular formula is C20H19N7O2S. The lowest BCUT2D eigenvalue weighted by molar-refractivity contribution is 0.102. The summed E-state index contributed by atoms with van der Waals surface area (Å²) in [5, 5.41) is 17.7. The molecule has 4 aromatic heterocycles. The summed E-state index contributed by atoms with van der Waals surface area (Å²) in [7, 11) is 0. The second kappa shape index (κ2) is 7.88. The summed E-state index contributed by atoms with van der Waals surface area (Å²) in [4.78, 5) is 25.8. The third-order valence-corrected chi connectivity index (χ3v) is 5.89. The molecule has 1 aliphatic heterocycles. The Morgan fingerprint density at radius 1 is 1.17 bits per heavy atom. The van der Waals surface area contributed by atoms with Gasteiger partial charge in [-0.2, -0.15) is 0 Å². The van der Waals surface area contributed by atoms with Crippen LogP contribution in [0.4, 0.5) is 5.82 Å². The van der Waals surface area contributed by atoms with Crippen LogP contribution in [-0.4, -0.2) is 44.1 Å². The molecule has 1 fully saturated rings. The number of piperidine rings is 1. The molecule has 0 aliphatic carbocycles. The number of oxazole rings is 1. The van der Waals surface area contributed by atoms with Crippen LogP contribution in [0, 0.1) is 6.92 Å². The minimum absolute atomic E-state index is 0.251. The van der Waals surface area contributed by atoms with E-state index in [1.165, 1.54) is 17.6 Å². The lowest BCUT2D eigenvalue weighted by Crippen LogP contribution is -2.26. The van der Waals surface area contributed by atoms with E-state index in [2.05, 4.69) is 35.8 Å². The van der Waals surface area contributed by atoms with Crippen LogP contribution in [0.3, 0.4) is 0 Å². The molecule has 4 aromatic rings. The Balaban J connectivity index is 1.35. The number of hydrogen-bond acceptors (Lipinski definition) is 9. The molecule has 30 heavy (non-hydrogen) atoms. The number of rotatable bonds is 4. The van der Waals surface area contributed by atoms with Gasteiger partial charge in [0.05, 0.1) is 0 Å². The van der Waals surface area contributed by atoms with Gasteiger partial charge < -0.3 is 15.1 Å². The minimum atomic E-state index is -0.347. The summed E-state index contributed by atoms with van der Waals surface area (Å²) < 4.78 is 5.56. The quantitative estimate of drug-likeness (QED) is 0.516. The van der Waals surface area contributed by atoms with Crippen molar-refractivity contribution in [2.24, 2.45) is 0 Å². The van der Waals surface area contributed by atoms with E-state index in [4.69, 9.17) is 4.42 Å². The Bertz CT molecular complexity index is 1210. The number of aromatic nitrogens is 5. The van der Waals surface area contributed by atoms with Gasteiger partial charge in [0.2, 0.25) is 0 Å². The molecule has 2 N–H and O–H groups in total. The third-order valence-electron chi connectivity index (χ3n) is 5.03. The van der Waals surface area contributed by atoms with E-state index in [0.29, 0.717) is 11.7 Å². The van der Waals surface area contributed by atoms with Gasteiger partial charge in [-0.3, -0.25) is 9.78 Å². The number of hydrogen-bond donors (Lipinski definition) is 2. The average molecular weight is 421 g/mol. The van der Waals surface area contributed by atoms with E-state index in [1.807, 2.05) is 13.0 Å². The first kappa shape index (κ1) is 18.8. The maximum absolute atomic E-state index is 12.6. The molecule has 0 saturated carbocycles. The zero-order valence-corrected chi connectivity index (χ0v) is 17.1. The van der Waals surface area contributed by atoms with Crippen molar-refractivity contribution in [3.63, 3.8) is 0 Å². The standard InChI is InChI=1S/C20H19N7O2S/c1-11-26-27-20(30-11)15-6-13-7-17(23-9-14(13)8-22-15)25-18(28)16-10-29-19(24-16)12-2-4-21-5-3-12/h6-10,12,21H,2-5H2,1H3,(H,23,25,28). The van der Waals surface area contributed by atoms with Gasteiger partial charge in [0.15, 0.2) is 16.6 Å². The van der Waals surface area contributed by atoms with Crippen molar-refractivity contribution in [2.75, 3.05) is 18.4 Å². The Hall–Kier alpha value is -3.24. The number of nitrogens with one attached hydrogen (secondary N) is 2. The Labute approximate surface area is 176 Å². The molecule has 0 spiro atoms. The lowest BCUT2D eigenvalue weighted by atomic mass is 9.98. The zero-order chi connectivity index (χ0) is 20.5. The van der Waals surface area contributed by atoms with Crippen LogP contribution in [0.2, 0.25) is 0 Å². The second-order valence-electron chi connectivity index (χ2n) is 7.16. The number of pyridine rings is 2. The molecule has 1 aliphatic rings. The topological polar surface area (TPSA) is 119 Å². The smallest absolute Gasteiger partial charge is 0.278 e. The van der Waals surface area contributed by atoms with E-state index in [9.17, 15) is 4.79 Å². The third kappa shape index (κ3) is 3.79. The van der Waals surface area contributed by atoms with Crippen molar-refractivity contribution >= 4 is 33.8 Å². The molecule has 1 saturated heterocycles. The normalized spacial score (nSPS) is 14.8. The summed E-state index contributed by atoms with van der Waals surface area (Å²) in [6.07, 6.45) is 6.74. The summed E-state index contributed by atoms with van der Waals surface area (Å²) in [5.41, 5.74) is 0.991. The Morgan fingerprint density at radius 3 is 2.80 bits per heavy atom. The van der Waals surface area contributed by atoms with Gasteiger partial charge in [0.1, 0.15) is 22.8 Å². The molecule has 0 atom stereocenters. The maximum atomic E-state index is 12.6. The predicted octanol–water partition coefficient (Wildman–Crippen LogP) is 3.16. The highest BCUT2D eigenvalue weighted by molar-refractivity contribution is 7.14. The number of anilines is 1.